The van der Waals surface area contributed by atoms with Crippen molar-refractivity contribution in [1.82, 2.24) is 0 Å². The molecule has 14 heavy (non-hydrogen) atoms. The molecular formula is C11H14ClNO. The third-order valence-corrected chi connectivity index (χ3v) is 3.39. The fourth-order valence-electron chi connectivity index (χ4n) is 2.10. The lowest BCUT2D eigenvalue weighted by molar-refractivity contribution is 0.244. The number of halogens is 1. The Balaban J connectivity index is 2.56. The van der Waals surface area contributed by atoms with Gasteiger partial charge in [0, 0.05) is 11.1 Å². The van der Waals surface area contributed by atoms with Gasteiger partial charge in [0.25, 0.3) is 0 Å². The van der Waals surface area contributed by atoms with Gasteiger partial charge in [-0.15, -0.1) is 0 Å². The highest BCUT2D eigenvalue weighted by atomic mass is 35.5. The molecule has 1 saturated carbocycles. The predicted octanol–water partition coefficient (Wildman–Crippen LogP) is 2.69. The quantitative estimate of drug-likeness (QED) is 0.750. The summed E-state index contributed by atoms with van der Waals surface area (Å²) in [6.45, 7) is 1.96. The van der Waals surface area contributed by atoms with Gasteiger partial charge in [-0.1, -0.05) is 17.7 Å². The number of benzene rings is 1. The molecule has 2 rings (SSSR count). The SMILES string of the molecule is Cc1ccc(Cl)c(O)c1C1(N)CCC1. The average molecular weight is 212 g/mol. The van der Waals surface area contributed by atoms with Crippen LogP contribution >= 0.6 is 11.6 Å². The minimum absolute atomic E-state index is 0.161. The van der Waals surface area contributed by atoms with Crippen LogP contribution in [0.15, 0.2) is 12.1 Å². The van der Waals surface area contributed by atoms with Gasteiger partial charge in [-0.05, 0) is 37.8 Å². The first-order valence-electron chi connectivity index (χ1n) is 4.82. The van der Waals surface area contributed by atoms with Crippen LogP contribution in [0.25, 0.3) is 0 Å². The fourth-order valence-corrected chi connectivity index (χ4v) is 2.26. The van der Waals surface area contributed by atoms with Crippen LogP contribution in [0.5, 0.6) is 5.75 Å². The molecule has 3 heteroatoms. The van der Waals surface area contributed by atoms with E-state index in [2.05, 4.69) is 0 Å². The molecule has 0 aliphatic heterocycles. The number of nitrogens with two attached hydrogens (primary N) is 1. The number of aromatic hydroxyl groups is 1. The molecule has 0 unspecified atom stereocenters. The molecule has 0 radical (unpaired) electrons. The minimum atomic E-state index is -0.348. The zero-order chi connectivity index (χ0) is 10.3. The molecule has 1 aliphatic rings. The van der Waals surface area contributed by atoms with Crippen LogP contribution in [0.2, 0.25) is 5.02 Å². The molecule has 0 spiro atoms. The van der Waals surface area contributed by atoms with Crippen molar-refractivity contribution in [1.29, 1.82) is 0 Å². The smallest absolute Gasteiger partial charge is 0.139 e. The van der Waals surface area contributed by atoms with Crippen LogP contribution in [0.1, 0.15) is 30.4 Å². The molecule has 3 N–H and O–H groups in total. The zero-order valence-electron chi connectivity index (χ0n) is 8.18. The summed E-state index contributed by atoms with van der Waals surface area (Å²) in [7, 11) is 0. The highest BCUT2D eigenvalue weighted by Gasteiger charge is 2.38. The molecule has 0 aromatic heterocycles. The Kier molecular flexibility index (Phi) is 2.20. The van der Waals surface area contributed by atoms with Gasteiger partial charge >= 0.3 is 0 Å². The van der Waals surface area contributed by atoms with Gasteiger partial charge in [0.1, 0.15) is 5.75 Å². The number of hydrogen-bond donors (Lipinski definition) is 2. The van der Waals surface area contributed by atoms with E-state index in [1.54, 1.807) is 6.07 Å². The van der Waals surface area contributed by atoms with Gasteiger partial charge in [-0.25, -0.2) is 0 Å². The van der Waals surface area contributed by atoms with Gasteiger partial charge in [-0.2, -0.15) is 0 Å². The first kappa shape index (κ1) is 9.81. The summed E-state index contributed by atoms with van der Waals surface area (Å²) in [5, 5.41) is 10.3. The summed E-state index contributed by atoms with van der Waals surface area (Å²) >= 11 is 5.87. The Hall–Kier alpha value is -0.730. The van der Waals surface area contributed by atoms with Gasteiger partial charge in [0.15, 0.2) is 0 Å². The molecule has 1 aromatic carbocycles. The van der Waals surface area contributed by atoms with Gasteiger partial charge in [0.2, 0.25) is 0 Å². The highest BCUT2D eigenvalue weighted by molar-refractivity contribution is 6.32. The summed E-state index contributed by atoms with van der Waals surface area (Å²) in [5.74, 6) is 0.161. The van der Waals surface area contributed by atoms with Gasteiger partial charge in [0.05, 0.1) is 5.02 Å². The summed E-state index contributed by atoms with van der Waals surface area (Å²) in [5.41, 5.74) is 7.68. The summed E-state index contributed by atoms with van der Waals surface area (Å²) in [4.78, 5) is 0. The Labute approximate surface area is 88.7 Å². The number of aryl methyl sites for hydroxylation is 1. The van der Waals surface area contributed by atoms with E-state index < -0.39 is 0 Å². The molecule has 1 aliphatic carbocycles. The van der Waals surface area contributed by atoms with Crippen molar-refractivity contribution >= 4 is 11.6 Å². The molecule has 76 valence electrons. The van der Waals surface area contributed by atoms with Crippen molar-refractivity contribution < 1.29 is 5.11 Å². The van der Waals surface area contributed by atoms with Crippen LogP contribution < -0.4 is 5.73 Å². The van der Waals surface area contributed by atoms with Crippen molar-refractivity contribution in [2.75, 3.05) is 0 Å². The molecule has 1 aromatic rings. The van der Waals surface area contributed by atoms with E-state index in [4.69, 9.17) is 17.3 Å². The van der Waals surface area contributed by atoms with Gasteiger partial charge in [-0.3, -0.25) is 0 Å². The average Bonchev–Trinajstić information content (AvgIpc) is 2.09. The first-order valence-corrected chi connectivity index (χ1v) is 5.20. The van der Waals surface area contributed by atoms with E-state index >= 15 is 0 Å². The second kappa shape index (κ2) is 3.14. The molecule has 0 atom stereocenters. The third-order valence-electron chi connectivity index (χ3n) is 3.08. The number of phenols is 1. The van der Waals surface area contributed by atoms with Crippen LogP contribution in [-0.2, 0) is 5.54 Å². The van der Waals surface area contributed by atoms with Crippen molar-refractivity contribution in [3.05, 3.63) is 28.3 Å². The monoisotopic (exact) mass is 211 g/mol. The van der Waals surface area contributed by atoms with Crippen molar-refractivity contribution in [2.45, 2.75) is 31.7 Å². The molecule has 0 saturated heterocycles. The van der Waals surface area contributed by atoms with E-state index in [9.17, 15) is 5.11 Å². The summed E-state index contributed by atoms with van der Waals surface area (Å²) in [6.07, 6.45) is 2.99. The second-order valence-electron chi connectivity index (χ2n) is 4.10. The van der Waals surface area contributed by atoms with Crippen LogP contribution in [0, 0.1) is 6.92 Å². The normalized spacial score (nSPS) is 19.1. The maximum Gasteiger partial charge on any atom is 0.139 e. The van der Waals surface area contributed by atoms with Crippen molar-refractivity contribution in [2.24, 2.45) is 5.73 Å². The van der Waals surface area contributed by atoms with Gasteiger partial charge < -0.3 is 10.8 Å². The van der Waals surface area contributed by atoms with E-state index in [1.165, 1.54) is 0 Å². The molecule has 0 heterocycles. The van der Waals surface area contributed by atoms with E-state index in [0.29, 0.717) is 5.02 Å². The van der Waals surface area contributed by atoms with E-state index in [1.807, 2.05) is 13.0 Å². The Morgan fingerprint density at radius 2 is 2.07 bits per heavy atom. The maximum absolute atomic E-state index is 9.87. The lowest BCUT2D eigenvalue weighted by Crippen LogP contribution is -2.43. The Bertz CT molecular complexity index is 372. The third kappa shape index (κ3) is 1.30. The lowest BCUT2D eigenvalue weighted by atomic mass is 9.71. The lowest BCUT2D eigenvalue weighted by Gasteiger charge is -2.40. The fraction of sp³-hybridized carbons (Fsp3) is 0.455. The van der Waals surface area contributed by atoms with Crippen molar-refractivity contribution in [3.63, 3.8) is 0 Å². The van der Waals surface area contributed by atoms with Crippen molar-refractivity contribution in [3.8, 4) is 5.75 Å². The minimum Gasteiger partial charge on any atom is -0.506 e. The zero-order valence-corrected chi connectivity index (χ0v) is 8.93. The highest BCUT2D eigenvalue weighted by Crippen LogP contribution is 2.45. The topological polar surface area (TPSA) is 46.2 Å². The summed E-state index contributed by atoms with van der Waals surface area (Å²) < 4.78 is 0. The molecule has 0 amide bonds. The largest absolute Gasteiger partial charge is 0.506 e. The number of phenolic OH excluding ortho intramolecular Hbond substituents is 1. The first-order chi connectivity index (χ1) is 6.54. The Morgan fingerprint density at radius 1 is 1.43 bits per heavy atom. The predicted molar refractivity (Wildman–Crippen MR) is 57.6 cm³/mol. The van der Waals surface area contributed by atoms with Crippen LogP contribution in [-0.4, -0.2) is 5.11 Å². The molecular weight excluding hydrogens is 198 g/mol. The second-order valence-corrected chi connectivity index (χ2v) is 4.50. The van der Waals surface area contributed by atoms with Crippen LogP contribution in [0.4, 0.5) is 0 Å². The number of hydrogen-bond acceptors (Lipinski definition) is 2. The van der Waals surface area contributed by atoms with Crippen LogP contribution in [0.3, 0.4) is 0 Å². The Morgan fingerprint density at radius 3 is 2.57 bits per heavy atom. The molecule has 2 nitrogen and oxygen atoms in total. The standard InChI is InChI=1S/C11H14ClNO/c1-7-3-4-8(12)10(14)9(7)11(13)5-2-6-11/h3-4,14H,2,5-6,13H2,1H3. The molecule has 1 fully saturated rings. The molecule has 0 bridgehead atoms. The van der Waals surface area contributed by atoms with E-state index in [0.717, 1.165) is 30.4 Å². The number of rotatable bonds is 1. The van der Waals surface area contributed by atoms with E-state index in [-0.39, 0.29) is 11.3 Å². The summed E-state index contributed by atoms with van der Waals surface area (Å²) in [6, 6.07) is 3.61. The maximum atomic E-state index is 9.87.